The van der Waals surface area contributed by atoms with Gasteiger partial charge in [0.25, 0.3) is 0 Å². The number of alkyl halides is 1. The van der Waals surface area contributed by atoms with Crippen LogP contribution in [0.25, 0.3) is 0 Å². The summed E-state index contributed by atoms with van der Waals surface area (Å²) < 4.78 is 5.88. The van der Waals surface area contributed by atoms with E-state index in [4.69, 9.17) is 4.74 Å². The molecule has 1 rings (SSSR count). The number of halogens is 1. The Bertz CT molecular complexity index is 138. The fraction of sp³-hybridized carbons (Fsp3) is 1.00. The van der Waals surface area contributed by atoms with Crippen molar-refractivity contribution in [3.05, 3.63) is 0 Å². The monoisotopic (exact) mass is 262 g/mol. The molecule has 2 heteroatoms. The Morgan fingerprint density at radius 1 is 1.21 bits per heavy atom. The van der Waals surface area contributed by atoms with Crippen LogP contribution >= 0.6 is 15.9 Å². The lowest BCUT2D eigenvalue weighted by Crippen LogP contribution is -2.21. The van der Waals surface area contributed by atoms with E-state index in [1.807, 2.05) is 0 Å². The van der Waals surface area contributed by atoms with E-state index in [2.05, 4.69) is 22.9 Å². The maximum atomic E-state index is 5.88. The molecule has 1 aliphatic carbocycles. The lowest BCUT2D eigenvalue weighted by Gasteiger charge is -2.26. The second-order valence-electron chi connectivity index (χ2n) is 4.51. The van der Waals surface area contributed by atoms with Gasteiger partial charge in [-0.1, -0.05) is 42.1 Å². The highest BCUT2D eigenvalue weighted by atomic mass is 79.9. The van der Waals surface area contributed by atoms with Crippen molar-refractivity contribution >= 4 is 15.9 Å². The summed E-state index contributed by atoms with van der Waals surface area (Å²) in [4.78, 5) is 0. The van der Waals surface area contributed by atoms with Gasteiger partial charge in [-0.2, -0.15) is 0 Å². The van der Waals surface area contributed by atoms with Crippen molar-refractivity contribution < 1.29 is 4.74 Å². The molecule has 1 saturated carbocycles. The summed E-state index contributed by atoms with van der Waals surface area (Å²) in [6, 6.07) is 0. The quantitative estimate of drug-likeness (QED) is 0.516. The highest BCUT2D eigenvalue weighted by Gasteiger charge is 2.18. The van der Waals surface area contributed by atoms with Crippen molar-refractivity contribution in [2.24, 2.45) is 5.92 Å². The van der Waals surface area contributed by atoms with Gasteiger partial charge in [0.2, 0.25) is 0 Å². The fourth-order valence-electron chi connectivity index (χ4n) is 2.15. The van der Waals surface area contributed by atoms with Crippen LogP contribution in [-0.2, 0) is 4.74 Å². The van der Waals surface area contributed by atoms with Crippen molar-refractivity contribution in [1.29, 1.82) is 0 Å². The molecule has 14 heavy (non-hydrogen) atoms. The van der Waals surface area contributed by atoms with Crippen LogP contribution in [-0.4, -0.2) is 18.0 Å². The third kappa shape index (κ3) is 5.35. The number of unbranched alkanes of at least 4 members (excludes halogenated alkanes) is 2. The molecule has 0 aromatic heterocycles. The SMILES string of the molecule is CC1CCCC(OCCCCCBr)C1. The van der Waals surface area contributed by atoms with Crippen LogP contribution in [0.5, 0.6) is 0 Å². The first-order chi connectivity index (χ1) is 6.83. The summed E-state index contributed by atoms with van der Waals surface area (Å²) in [7, 11) is 0. The van der Waals surface area contributed by atoms with Crippen molar-refractivity contribution in [2.45, 2.75) is 58.0 Å². The van der Waals surface area contributed by atoms with Gasteiger partial charge in [0.05, 0.1) is 6.10 Å². The van der Waals surface area contributed by atoms with Crippen LogP contribution in [0.1, 0.15) is 51.9 Å². The maximum Gasteiger partial charge on any atom is 0.0577 e. The zero-order valence-electron chi connectivity index (χ0n) is 9.30. The first-order valence-corrected chi connectivity index (χ1v) is 7.12. The molecule has 0 aliphatic heterocycles. The molecule has 2 unspecified atom stereocenters. The van der Waals surface area contributed by atoms with E-state index in [0.29, 0.717) is 6.10 Å². The van der Waals surface area contributed by atoms with Crippen molar-refractivity contribution in [3.8, 4) is 0 Å². The molecular weight excluding hydrogens is 240 g/mol. The Hall–Kier alpha value is 0.440. The third-order valence-corrected chi connectivity index (χ3v) is 3.58. The normalized spacial score (nSPS) is 27.9. The number of rotatable bonds is 6. The van der Waals surface area contributed by atoms with E-state index in [1.54, 1.807) is 0 Å². The molecule has 0 N–H and O–H groups in total. The Kier molecular flexibility index (Phi) is 6.88. The molecule has 0 spiro atoms. The molecule has 0 heterocycles. The van der Waals surface area contributed by atoms with Crippen LogP contribution < -0.4 is 0 Å². The van der Waals surface area contributed by atoms with Gasteiger partial charge in [0.15, 0.2) is 0 Å². The van der Waals surface area contributed by atoms with Crippen molar-refractivity contribution in [1.82, 2.24) is 0 Å². The summed E-state index contributed by atoms with van der Waals surface area (Å²) in [5, 5.41) is 1.13. The van der Waals surface area contributed by atoms with Gasteiger partial charge >= 0.3 is 0 Å². The number of ether oxygens (including phenoxy) is 1. The summed E-state index contributed by atoms with van der Waals surface area (Å²) in [5.74, 6) is 0.885. The minimum absolute atomic E-state index is 0.572. The Balaban J connectivity index is 1.95. The van der Waals surface area contributed by atoms with Crippen LogP contribution in [0.2, 0.25) is 0 Å². The molecule has 2 atom stereocenters. The predicted molar refractivity (Wildman–Crippen MR) is 65.0 cm³/mol. The molecule has 0 aromatic carbocycles. The van der Waals surface area contributed by atoms with Gasteiger partial charge in [-0.05, 0) is 31.6 Å². The predicted octanol–water partition coefficient (Wildman–Crippen LogP) is 4.15. The zero-order valence-corrected chi connectivity index (χ0v) is 10.9. The molecule has 0 aromatic rings. The maximum absolute atomic E-state index is 5.88. The summed E-state index contributed by atoms with van der Waals surface area (Å²) in [6.07, 6.45) is 9.74. The van der Waals surface area contributed by atoms with Gasteiger partial charge in [0.1, 0.15) is 0 Å². The molecule has 0 amide bonds. The molecular formula is C12H23BrO. The molecule has 1 fully saturated rings. The second-order valence-corrected chi connectivity index (χ2v) is 5.31. The highest BCUT2D eigenvalue weighted by Crippen LogP contribution is 2.25. The van der Waals surface area contributed by atoms with Gasteiger partial charge in [-0.15, -0.1) is 0 Å². The summed E-state index contributed by atoms with van der Waals surface area (Å²) in [5.41, 5.74) is 0. The van der Waals surface area contributed by atoms with E-state index < -0.39 is 0 Å². The fourth-order valence-corrected chi connectivity index (χ4v) is 2.55. The highest BCUT2D eigenvalue weighted by molar-refractivity contribution is 9.09. The minimum Gasteiger partial charge on any atom is -0.378 e. The van der Waals surface area contributed by atoms with Gasteiger partial charge in [-0.25, -0.2) is 0 Å². The third-order valence-electron chi connectivity index (χ3n) is 3.02. The zero-order chi connectivity index (χ0) is 10.2. The van der Waals surface area contributed by atoms with E-state index in [1.165, 1.54) is 44.9 Å². The second kappa shape index (κ2) is 7.70. The average Bonchev–Trinajstić information content (AvgIpc) is 2.18. The Morgan fingerprint density at radius 3 is 2.79 bits per heavy atom. The number of hydrogen-bond acceptors (Lipinski definition) is 1. The largest absolute Gasteiger partial charge is 0.378 e. The lowest BCUT2D eigenvalue weighted by molar-refractivity contribution is 0.0139. The van der Waals surface area contributed by atoms with E-state index in [-0.39, 0.29) is 0 Å². The lowest BCUT2D eigenvalue weighted by atomic mass is 9.89. The summed E-state index contributed by atoms with van der Waals surface area (Å²) >= 11 is 3.45. The van der Waals surface area contributed by atoms with Crippen LogP contribution in [0.15, 0.2) is 0 Å². The molecule has 1 nitrogen and oxygen atoms in total. The standard InChI is InChI=1S/C12H23BrO/c1-11-6-5-7-12(10-11)14-9-4-2-3-8-13/h11-12H,2-10H2,1H3. The molecule has 0 bridgehead atoms. The van der Waals surface area contributed by atoms with E-state index >= 15 is 0 Å². The summed E-state index contributed by atoms with van der Waals surface area (Å²) in [6.45, 7) is 3.32. The molecule has 84 valence electrons. The van der Waals surface area contributed by atoms with Crippen LogP contribution in [0.3, 0.4) is 0 Å². The van der Waals surface area contributed by atoms with Gasteiger partial charge in [0, 0.05) is 11.9 Å². The topological polar surface area (TPSA) is 9.23 Å². The van der Waals surface area contributed by atoms with Gasteiger partial charge < -0.3 is 4.74 Å². The van der Waals surface area contributed by atoms with E-state index in [0.717, 1.165) is 17.9 Å². The average molecular weight is 263 g/mol. The Morgan fingerprint density at radius 2 is 2.07 bits per heavy atom. The first kappa shape index (κ1) is 12.5. The number of hydrogen-bond donors (Lipinski definition) is 0. The first-order valence-electron chi connectivity index (χ1n) is 6.00. The van der Waals surface area contributed by atoms with Crippen molar-refractivity contribution in [2.75, 3.05) is 11.9 Å². The van der Waals surface area contributed by atoms with Gasteiger partial charge in [-0.3, -0.25) is 0 Å². The molecule has 0 radical (unpaired) electrons. The van der Waals surface area contributed by atoms with Crippen LogP contribution in [0.4, 0.5) is 0 Å². The smallest absolute Gasteiger partial charge is 0.0577 e. The van der Waals surface area contributed by atoms with E-state index in [9.17, 15) is 0 Å². The Labute approximate surface area is 96.7 Å². The minimum atomic E-state index is 0.572. The van der Waals surface area contributed by atoms with Crippen molar-refractivity contribution in [3.63, 3.8) is 0 Å². The molecule has 1 aliphatic rings. The molecule has 0 saturated heterocycles. The van der Waals surface area contributed by atoms with Crippen LogP contribution in [0, 0.1) is 5.92 Å².